The second-order valence-electron chi connectivity index (χ2n) is 3.04. The van der Waals surface area contributed by atoms with Crippen molar-refractivity contribution in [1.29, 1.82) is 5.41 Å². The molecule has 0 saturated carbocycles. The van der Waals surface area contributed by atoms with Crippen LogP contribution in [-0.4, -0.2) is 39.7 Å². The highest BCUT2D eigenvalue weighted by atomic mass is 32.3. The van der Waals surface area contributed by atoms with E-state index in [1.165, 1.54) is 7.11 Å². The molecule has 0 amide bonds. The molecule has 0 aromatic heterocycles. The Morgan fingerprint density at radius 2 is 1.84 bits per heavy atom. The molecule has 0 unspecified atom stereocenters. The van der Waals surface area contributed by atoms with Gasteiger partial charge >= 0.3 is 0 Å². The number of hydrogen-bond donors (Lipinski definition) is 1. The fraction of sp³-hybridized carbons (Fsp3) is 0.364. The van der Waals surface area contributed by atoms with Crippen LogP contribution in [0.15, 0.2) is 24.3 Å². The summed E-state index contributed by atoms with van der Waals surface area (Å²) in [4.78, 5) is 0. The molecule has 0 aliphatic heterocycles. The standard InChI is InChI=1S/C10H13NO2.CH4O4S/c1-3-13-9-7-5-4-6-8(9)10(11)12-2;1-5-6(2,3)4/h4-7,11H,3H2,1-2H3;1H3,(H,2,3,4)/p-1. The van der Waals surface area contributed by atoms with Crippen molar-refractivity contribution in [2.45, 2.75) is 6.92 Å². The molecule has 0 heterocycles. The van der Waals surface area contributed by atoms with Crippen molar-refractivity contribution in [2.75, 3.05) is 20.8 Å². The van der Waals surface area contributed by atoms with E-state index in [2.05, 4.69) is 4.18 Å². The maximum atomic E-state index is 9.22. The Morgan fingerprint density at radius 3 is 2.26 bits per heavy atom. The summed E-state index contributed by atoms with van der Waals surface area (Å²) < 4.78 is 41.2. The van der Waals surface area contributed by atoms with Gasteiger partial charge < -0.3 is 14.0 Å². The van der Waals surface area contributed by atoms with Gasteiger partial charge in [-0.2, -0.15) is 0 Å². The van der Waals surface area contributed by atoms with Gasteiger partial charge in [0, 0.05) is 0 Å². The Bertz CT molecular complexity index is 500. The number of benzene rings is 1. The van der Waals surface area contributed by atoms with Crippen molar-refractivity contribution in [3.05, 3.63) is 29.8 Å². The molecule has 1 aromatic carbocycles. The minimum absolute atomic E-state index is 0.129. The van der Waals surface area contributed by atoms with E-state index in [0.29, 0.717) is 17.9 Å². The van der Waals surface area contributed by atoms with Gasteiger partial charge in [-0.1, -0.05) is 12.1 Å². The van der Waals surface area contributed by atoms with E-state index in [1.54, 1.807) is 6.07 Å². The molecule has 108 valence electrons. The van der Waals surface area contributed by atoms with Crippen molar-refractivity contribution in [2.24, 2.45) is 0 Å². The Labute approximate surface area is 112 Å². The Hall–Kier alpha value is -1.64. The molecule has 0 saturated heterocycles. The first-order valence-electron chi connectivity index (χ1n) is 5.21. The zero-order chi connectivity index (χ0) is 14.9. The minimum Gasteiger partial charge on any atom is -0.726 e. The van der Waals surface area contributed by atoms with Gasteiger partial charge in [-0.15, -0.1) is 0 Å². The summed E-state index contributed by atoms with van der Waals surface area (Å²) in [5.41, 5.74) is 0.687. The van der Waals surface area contributed by atoms with Gasteiger partial charge in [0.05, 0.1) is 26.4 Å². The van der Waals surface area contributed by atoms with Crippen molar-refractivity contribution in [3.63, 3.8) is 0 Å². The molecule has 0 bridgehead atoms. The third kappa shape index (κ3) is 7.39. The lowest BCUT2D eigenvalue weighted by Crippen LogP contribution is -2.05. The average Bonchev–Trinajstić information content (AvgIpc) is 2.39. The second-order valence-corrected chi connectivity index (χ2v) is 4.19. The van der Waals surface area contributed by atoms with Gasteiger partial charge in [0.25, 0.3) is 0 Å². The quantitative estimate of drug-likeness (QED) is 0.385. The summed E-state index contributed by atoms with van der Waals surface area (Å²) in [6.45, 7) is 2.50. The summed E-state index contributed by atoms with van der Waals surface area (Å²) in [5.74, 6) is 0.820. The average molecular weight is 290 g/mol. The lowest BCUT2D eigenvalue weighted by Gasteiger charge is -2.09. The summed E-state index contributed by atoms with van der Waals surface area (Å²) in [7, 11) is -2.13. The van der Waals surface area contributed by atoms with Crippen LogP contribution in [0.2, 0.25) is 0 Å². The van der Waals surface area contributed by atoms with Crippen molar-refractivity contribution in [3.8, 4) is 5.75 Å². The maximum Gasteiger partial charge on any atom is 0.217 e. The topological polar surface area (TPSA) is 109 Å². The number of nitrogens with one attached hydrogen (secondary N) is 1. The van der Waals surface area contributed by atoms with Gasteiger partial charge in [-0.3, -0.25) is 9.59 Å². The molecule has 8 heteroatoms. The number of rotatable bonds is 4. The molecule has 1 aromatic rings. The van der Waals surface area contributed by atoms with Crippen LogP contribution in [0.4, 0.5) is 0 Å². The van der Waals surface area contributed by atoms with Crippen LogP contribution in [0.5, 0.6) is 5.75 Å². The molecule has 0 aliphatic carbocycles. The SMILES string of the molecule is CCOc1ccccc1C(=N)OC.COS(=O)(=O)[O-]. The van der Waals surface area contributed by atoms with Crippen molar-refractivity contribution in [1.82, 2.24) is 0 Å². The van der Waals surface area contributed by atoms with Crippen LogP contribution < -0.4 is 4.74 Å². The Balaban J connectivity index is 0.000000459. The molecule has 19 heavy (non-hydrogen) atoms. The van der Waals surface area contributed by atoms with E-state index in [0.717, 1.165) is 7.11 Å². The monoisotopic (exact) mass is 290 g/mol. The summed E-state index contributed by atoms with van der Waals surface area (Å²) in [6.07, 6.45) is 0. The third-order valence-electron chi connectivity index (χ3n) is 1.84. The van der Waals surface area contributed by atoms with Crippen LogP contribution in [0.25, 0.3) is 0 Å². The molecule has 0 atom stereocenters. The number of methoxy groups -OCH3 is 1. The zero-order valence-electron chi connectivity index (χ0n) is 10.9. The Kier molecular flexibility index (Phi) is 7.73. The number of ether oxygens (including phenoxy) is 2. The largest absolute Gasteiger partial charge is 0.726 e. The molecular weight excluding hydrogens is 274 g/mol. The van der Waals surface area contributed by atoms with Gasteiger partial charge in [0.2, 0.25) is 16.3 Å². The van der Waals surface area contributed by atoms with Gasteiger partial charge in [-0.25, -0.2) is 8.42 Å². The molecule has 0 aliphatic rings. The van der Waals surface area contributed by atoms with Crippen LogP contribution in [0, 0.1) is 5.41 Å². The summed E-state index contributed by atoms with van der Waals surface area (Å²) in [5, 5.41) is 7.50. The van der Waals surface area contributed by atoms with Gasteiger partial charge in [0.15, 0.2) is 0 Å². The Morgan fingerprint density at radius 1 is 1.32 bits per heavy atom. The molecule has 1 N–H and O–H groups in total. The molecule has 1 rings (SSSR count). The second kappa shape index (κ2) is 8.46. The van der Waals surface area contributed by atoms with Crippen molar-refractivity contribution < 1.29 is 26.6 Å². The molecular formula is C11H16NO6S-. The van der Waals surface area contributed by atoms with Gasteiger partial charge in [-0.05, 0) is 19.1 Å². The first-order valence-corrected chi connectivity index (χ1v) is 6.55. The normalized spacial score (nSPS) is 10.1. The smallest absolute Gasteiger partial charge is 0.217 e. The fourth-order valence-corrected chi connectivity index (χ4v) is 1.05. The van der Waals surface area contributed by atoms with E-state index in [1.807, 2.05) is 25.1 Å². The van der Waals surface area contributed by atoms with Crippen LogP contribution in [0.3, 0.4) is 0 Å². The highest BCUT2D eigenvalue weighted by molar-refractivity contribution is 7.80. The fourth-order valence-electron chi connectivity index (χ4n) is 1.05. The van der Waals surface area contributed by atoms with Crippen LogP contribution in [-0.2, 0) is 19.3 Å². The van der Waals surface area contributed by atoms with Gasteiger partial charge in [0.1, 0.15) is 5.75 Å². The maximum absolute atomic E-state index is 9.22. The summed E-state index contributed by atoms with van der Waals surface area (Å²) >= 11 is 0. The number of hydrogen-bond acceptors (Lipinski definition) is 7. The third-order valence-corrected chi connectivity index (χ3v) is 2.25. The molecule has 0 radical (unpaired) electrons. The minimum atomic E-state index is -4.41. The number of para-hydroxylation sites is 1. The lowest BCUT2D eigenvalue weighted by molar-refractivity contribution is 0.314. The van der Waals surface area contributed by atoms with Crippen molar-refractivity contribution >= 4 is 16.3 Å². The van der Waals surface area contributed by atoms with E-state index < -0.39 is 10.4 Å². The van der Waals surface area contributed by atoms with E-state index in [-0.39, 0.29) is 5.90 Å². The van der Waals surface area contributed by atoms with E-state index in [4.69, 9.17) is 14.9 Å². The first-order chi connectivity index (χ1) is 8.85. The summed E-state index contributed by atoms with van der Waals surface area (Å²) in [6, 6.07) is 7.35. The molecule has 7 nitrogen and oxygen atoms in total. The molecule has 0 fully saturated rings. The predicted octanol–water partition coefficient (Wildman–Crippen LogP) is 1.15. The highest BCUT2D eigenvalue weighted by Crippen LogP contribution is 2.18. The predicted molar refractivity (Wildman–Crippen MR) is 68.2 cm³/mol. The van der Waals surface area contributed by atoms with E-state index >= 15 is 0 Å². The first kappa shape index (κ1) is 17.4. The van der Waals surface area contributed by atoms with E-state index in [9.17, 15) is 13.0 Å². The highest BCUT2D eigenvalue weighted by Gasteiger charge is 2.07. The lowest BCUT2D eigenvalue weighted by atomic mass is 10.2. The zero-order valence-corrected chi connectivity index (χ0v) is 11.7. The van der Waals surface area contributed by atoms with Crippen LogP contribution >= 0.6 is 0 Å². The molecule has 0 spiro atoms. The van der Waals surface area contributed by atoms with Crippen LogP contribution in [0.1, 0.15) is 12.5 Å².